The molecule has 1 aliphatic heterocycles. The first-order valence-corrected chi connectivity index (χ1v) is 13.3. The van der Waals surface area contributed by atoms with Gasteiger partial charge in [0, 0.05) is 17.8 Å². The Kier molecular flexibility index (Phi) is 7.23. The van der Waals surface area contributed by atoms with Crippen LogP contribution in [0.1, 0.15) is 38.4 Å². The lowest BCUT2D eigenvalue weighted by Crippen LogP contribution is -2.48. The number of methoxy groups -OCH3 is 1. The fraction of sp³-hybridized carbons (Fsp3) is 0.321. The second-order valence-corrected chi connectivity index (χ2v) is 10.5. The van der Waals surface area contributed by atoms with E-state index in [0.717, 1.165) is 24.9 Å². The summed E-state index contributed by atoms with van der Waals surface area (Å²) in [6, 6.07) is 18.1. The van der Waals surface area contributed by atoms with Gasteiger partial charge < -0.3 is 19.4 Å². The van der Waals surface area contributed by atoms with Crippen molar-refractivity contribution in [2.45, 2.75) is 44.1 Å². The van der Waals surface area contributed by atoms with Crippen molar-refractivity contribution in [3.05, 3.63) is 81.4 Å². The minimum atomic E-state index is -0.460. The van der Waals surface area contributed by atoms with Crippen LogP contribution in [0.3, 0.4) is 0 Å². The molecule has 3 aromatic rings. The summed E-state index contributed by atoms with van der Waals surface area (Å²) < 4.78 is 11.1. The van der Waals surface area contributed by atoms with E-state index >= 15 is 0 Å². The standard InChI is InChI=1S/C28H29N3O5S/c1-18-8-6-7-11-23(18)30-27(32)26(37-28(30)29-19-9-4-3-5-10-19)17-21-13-15-25(36-21)22-14-12-20(35-2)16-24(22)31(33)34/h3-5,9-10,12-18,23,28-29H,6-8,11H2,1-2H3/b26-17-/t18-,23-,28?/m0/s1. The molecule has 5 rings (SSSR count). The van der Waals surface area contributed by atoms with Crippen LogP contribution in [-0.2, 0) is 4.79 Å². The zero-order valence-electron chi connectivity index (χ0n) is 20.8. The maximum atomic E-state index is 13.7. The number of carbonyl (C=O) groups is 1. The van der Waals surface area contributed by atoms with Crippen molar-refractivity contribution in [2.24, 2.45) is 5.92 Å². The lowest BCUT2D eigenvalue weighted by atomic mass is 9.85. The van der Waals surface area contributed by atoms with Gasteiger partial charge in [0.05, 0.1) is 28.6 Å². The number of rotatable bonds is 7. The van der Waals surface area contributed by atoms with Crippen LogP contribution in [0.4, 0.5) is 11.4 Å². The number of benzene rings is 2. The molecule has 1 saturated carbocycles. The third-order valence-electron chi connectivity index (χ3n) is 6.99. The molecule has 2 heterocycles. The highest BCUT2D eigenvalue weighted by molar-refractivity contribution is 8.05. The van der Waals surface area contributed by atoms with Gasteiger partial charge in [-0.15, -0.1) is 0 Å². The number of anilines is 1. The van der Waals surface area contributed by atoms with Crippen molar-refractivity contribution >= 4 is 35.1 Å². The number of hydrogen-bond acceptors (Lipinski definition) is 7. The number of nitro benzene ring substituents is 1. The molecule has 37 heavy (non-hydrogen) atoms. The van der Waals surface area contributed by atoms with E-state index < -0.39 is 4.92 Å². The van der Waals surface area contributed by atoms with Crippen molar-refractivity contribution in [3.8, 4) is 17.1 Å². The second kappa shape index (κ2) is 10.7. The maximum absolute atomic E-state index is 13.7. The van der Waals surface area contributed by atoms with Crippen LogP contribution in [0.2, 0.25) is 0 Å². The first-order chi connectivity index (χ1) is 17.9. The van der Waals surface area contributed by atoms with E-state index in [1.165, 1.54) is 31.4 Å². The highest BCUT2D eigenvalue weighted by Gasteiger charge is 2.43. The molecule has 1 aliphatic carbocycles. The summed E-state index contributed by atoms with van der Waals surface area (Å²) in [6.45, 7) is 2.23. The van der Waals surface area contributed by atoms with E-state index in [2.05, 4.69) is 12.2 Å². The molecule has 0 bridgehead atoms. The number of amides is 1. The zero-order chi connectivity index (χ0) is 25.9. The molecule has 0 spiro atoms. The third kappa shape index (κ3) is 5.22. The Morgan fingerprint density at radius 1 is 1.14 bits per heavy atom. The Balaban J connectivity index is 1.44. The van der Waals surface area contributed by atoms with E-state index in [4.69, 9.17) is 9.15 Å². The summed E-state index contributed by atoms with van der Waals surface area (Å²) in [7, 11) is 1.46. The number of ether oxygens (including phenoxy) is 1. The topological polar surface area (TPSA) is 97.8 Å². The van der Waals surface area contributed by atoms with E-state index in [0.29, 0.717) is 33.7 Å². The van der Waals surface area contributed by atoms with E-state index in [9.17, 15) is 14.9 Å². The lowest BCUT2D eigenvalue weighted by Gasteiger charge is -2.39. The van der Waals surface area contributed by atoms with Gasteiger partial charge in [0.25, 0.3) is 11.6 Å². The number of nitrogens with one attached hydrogen (secondary N) is 1. The quantitative estimate of drug-likeness (QED) is 0.209. The molecular formula is C28H29N3O5S. The van der Waals surface area contributed by atoms with Crippen molar-refractivity contribution in [1.82, 2.24) is 4.90 Å². The average molecular weight is 520 g/mol. The van der Waals surface area contributed by atoms with E-state index in [1.807, 2.05) is 35.2 Å². The highest BCUT2D eigenvalue weighted by atomic mass is 32.2. The van der Waals surface area contributed by atoms with Gasteiger partial charge in [0.1, 0.15) is 17.3 Å². The highest BCUT2D eigenvalue weighted by Crippen LogP contribution is 2.43. The number of hydrogen-bond donors (Lipinski definition) is 1. The number of nitrogens with zero attached hydrogens (tertiary/aromatic N) is 2. The molecule has 3 atom stereocenters. The minimum Gasteiger partial charge on any atom is -0.497 e. The molecule has 2 aromatic carbocycles. The first kappa shape index (κ1) is 25.0. The van der Waals surface area contributed by atoms with Gasteiger partial charge in [-0.2, -0.15) is 0 Å². The molecule has 9 heteroatoms. The predicted molar refractivity (Wildman–Crippen MR) is 145 cm³/mol. The minimum absolute atomic E-state index is 0.0226. The van der Waals surface area contributed by atoms with Crippen molar-refractivity contribution < 1.29 is 18.9 Å². The normalized spacial score (nSPS) is 22.9. The molecule has 1 unspecified atom stereocenters. The van der Waals surface area contributed by atoms with Gasteiger partial charge in [0.15, 0.2) is 5.50 Å². The van der Waals surface area contributed by atoms with Crippen LogP contribution < -0.4 is 10.1 Å². The summed E-state index contributed by atoms with van der Waals surface area (Å²) in [5.41, 5.74) is 0.962. The third-order valence-corrected chi connectivity index (χ3v) is 8.11. The fourth-order valence-electron chi connectivity index (χ4n) is 5.07. The molecule has 1 saturated heterocycles. The largest absolute Gasteiger partial charge is 0.497 e. The van der Waals surface area contributed by atoms with Crippen LogP contribution in [0, 0.1) is 16.0 Å². The average Bonchev–Trinajstić information content (AvgIpc) is 3.49. The summed E-state index contributed by atoms with van der Waals surface area (Å²) >= 11 is 1.47. The molecule has 1 N–H and O–H groups in total. The molecule has 8 nitrogen and oxygen atoms in total. The van der Waals surface area contributed by atoms with Crippen LogP contribution in [0.15, 0.2) is 70.0 Å². The smallest absolute Gasteiger partial charge is 0.284 e. The molecular weight excluding hydrogens is 490 g/mol. The number of furan rings is 1. The van der Waals surface area contributed by atoms with E-state index in [-0.39, 0.29) is 23.1 Å². The molecule has 192 valence electrons. The maximum Gasteiger partial charge on any atom is 0.284 e. The van der Waals surface area contributed by atoms with Gasteiger partial charge >= 0.3 is 0 Å². The molecule has 1 amide bonds. The summed E-state index contributed by atoms with van der Waals surface area (Å²) in [5.74, 6) is 1.61. The van der Waals surface area contributed by atoms with Crippen molar-refractivity contribution in [1.29, 1.82) is 0 Å². The molecule has 2 fully saturated rings. The lowest BCUT2D eigenvalue weighted by molar-refractivity contribution is -0.384. The van der Waals surface area contributed by atoms with Crippen molar-refractivity contribution in [3.63, 3.8) is 0 Å². The fourth-order valence-corrected chi connectivity index (χ4v) is 6.26. The summed E-state index contributed by atoms with van der Waals surface area (Å²) in [6.07, 6.45) is 6.14. The molecule has 1 aromatic heterocycles. The Morgan fingerprint density at radius 3 is 2.65 bits per heavy atom. The molecule has 2 aliphatic rings. The summed E-state index contributed by atoms with van der Waals surface area (Å²) in [5, 5.41) is 15.2. The monoisotopic (exact) mass is 519 g/mol. The zero-order valence-corrected chi connectivity index (χ0v) is 21.6. The van der Waals surface area contributed by atoms with Gasteiger partial charge in [-0.25, -0.2) is 0 Å². The van der Waals surface area contributed by atoms with Gasteiger partial charge in [0.2, 0.25) is 0 Å². The van der Waals surface area contributed by atoms with Crippen LogP contribution in [-0.4, -0.2) is 34.4 Å². The number of thioether (sulfide) groups is 1. The Bertz CT molecular complexity index is 1320. The number of nitro groups is 1. The predicted octanol–water partition coefficient (Wildman–Crippen LogP) is 6.75. The Labute approximate surface area is 219 Å². The van der Waals surface area contributed by atoms with Crippen LogP contribution in [0.5, 0.6) is 5.75 Å². The van der Waals surface area contributed by atoms with Gasteiger partial charge in [-0.3, -0.25) is 14.9 Å². The summed E-state index contributed by atoms with van der Waals surface area (Å²) in [4.78, 5) is 27.4. The van der Waals surface area contributed by atoms with Crippen molar-refractivity contribution in [2.75, 3.05) is 12.4 Å². The van der Waals surface area contributed by atoms with Gasteiger partial charge in [-0.05, 0) is 55.2 Å². The Hall–Kier alpha value is -3.72. The SMILES string of the molecule is COc1ccc(-c2ccc(/C=C3\SC(Nc4ccccc4)N([C@H]4CCCC[C@@H]4C)C3=O)o2)c([N+](=O)[O-])c1. The first-order valence-electron chi connectivity index (χ1n) is 12.4. The number of para-hydroxylation sites is 1. The Morgan fingerprint density at radius 2 is 1.92 bits per heavy atom. The number of carbonyl (C=O) groups excluding carboxylic acids is 1. The van der Waals surface area contributed by atoms with Gasteiger partial charge in [-0.1, -0.05) is 49.7 Å². The molecule has 0 radical (unpaired) electrons. The van der Waals surface area contributed by atoms with E-state index in [1.54, 1.807) is 30.3 Å². The van der Waals surface area contributed by atoms with Crippen LogP contribution >= 0.6 is 11.8 Å². The van der Waals surface area contributed by atoms with Crippen LogP contribution in [0.25, 0.3) is 17.4 Å². The second-order valence-electron chi connectivity index (χ2n) is 9.37.